The second-order valence-corrected chi connectivity index (χ2v) is 8.22. The molecule has 124 valence electrons. The summed E-state index contributed by atoms with van der Waals surface area (Å²) in [7, 11) is 0. The lowest BCUT2D eigenvalue weighted by Gasteiger charge is -2.29. The zero-order valence-electron chi connectivity index (χ0n) is 12.4. The number of benzene rings is 1. The van der Waals surface area contributed by atoms with E-state index < -0.39 is 11.8 Å². The number of nitrogens with zero attached hydrogens (tertiary/aromatic N) is 1. The molecule has 0 saturated carbocycles. The molecule has 2 fully saturated rings. The average molecular weight is 358 g/mol. The molecule has 2 aliphatic heterocycles. The Bertz CT molecular complexity index is 626. The number of carbonyl (C=O) groups excluding carboxylic acids is 2. The van der Waals surface area contributed by atoms with Crippen molar-refractivity contribution in [2.45, 2.75) is 41.3 Å². The van der Waals surface area contributed by atoms with E-state index in [9.17, 15) is 18.4 Å². The van der Waals surface area contributed by atoms with E-state index in [2.05, 4.69) is 5.32 Å². The summed E-state index contributed by atoms with van der Waals surface area (Å²) in [6, 6.07) is 5.79. The van der Waals surface area contributed by atoms with E-state index in [4.69, 9.17) is 0 Å². The summed E-state index contributed by atoms with van der Waals surface area (Å²) in [6.45, 7) is 1.99. The van der Waals surface area contributed by atoms with Crippen molar-refractivity contribution < 1.29 is 18.4 Å². The highest BCUT2D eigenvalue weighted by molar-refractivity contribution is 8.01. The Morgan fingerprint density at radius 1 is 1.43 bits per heavy atom. The van der Waals surface area contributed by atoms with Crippen molar-refractivity contribution >= 4 is 41.0 Å². The topological polar surface area (TPSA) is 49.4 Å². The zero-order valence-corrected chi connectivity index (χ0v) is 14.1. The summed E-state index contributed by atoms with van der Waals surface area (Å²) < 4.78 is 24.6. The first-order chi connectivity index (χ1) is 10.9. The van der Waals surface area contributed by atoms with Crippen molar-refractivity contribution in [1.82, 2.24) is 4.90 Å². The maximum absolute atomic E-state index is 12.5. The van der Waals surface area contributed by atoms with E-state index >= 15 is 0 Å². The third-order valence-corrected chi connectivity index (χ3v) is 6.32. The van der Waals surface area contributed by atoms with Crippen LogP contribution in [0.15, 0.2) is 29.2 Å². The second kappa shape index (κ2) is 6.32. The van der Waals surface area contributed by atoms with Crippen LogP contribution in [-0.2, 0) is 9.59 Å². The van der Waals surface area contributed by atoms with Gasteiger partial charge in [-0.3, -0.25) is 9.59 Å². The van der Waals surface area contributed by atoms with Gasteiger partial charge in [0.15, 0.2) is 0 Å². The van der Waals surface area contributed by atoms with E-state index in [1.54, 1.807) is 40.9 Å². The first kappa shape index (κ1) is 16.6. The van der Waals surface area contributed by atoms with Crippen LogP contribution in [-0.4, -0.2) is 39.1 Å². The number of carbonyl (C=O) groups is 2. The minimum absolute atomic E-state index is 0.0151. The number of alkyl halides is 2. The van der Waals surface area contributed by atoms with Gasteiger partial charge < -0.3 is 10.2 Å². The van der Waals surface area contributed by atoms with Crippen molar-refractivity contribution in [3.8, 4) is 0 Å². The highest BCUT2D eigenvalue weighted by Crippen LogP contribution is 2.47. The summed E-state index contributed by atoms with van der Waals surface area (Å²) in [5, 5.41) is 2.77. The maximum Gasteiger partial charge on any atom is 0.288 e. The fraction of sp³-hybridized carbons (Fsp3) is 0.467. The lowest BCUT2D eigenvalue weighted by atomic mass is 10.2. The van der Waals surface area contributed by atoms with Crippen LogP contribution in [0.25, 0.3) is 0 Å². The van der Waals surface area contributed by atoms with Crippen LogP contribution in [0.4, 0.5) is 14.5 Å². The molecule has 4 nitrogen and oxygen atoms in total. The molecular weight excluding hydrogens is 342 g/mol. The molecule has 2 amide bonds. The number of hydrogen-bond donors (Lipinski definition) is 1. The van der Waals surface area contributed by atoms with Gasteiger partial charge in [-0.15, -0.1) is 11.8 Å². The molecule has 0 aliphatic carbocycles. The minimum Gasteiger partial charge on any atom is -0.324 e. The summed E-state index contributed by atoms with van der Waals surface area (Å²) in [4.78, 5) is 26.3. The normalized spacial score (nSPS) is 26.7. The molecule has 2 aliphatic rings. The van der Waals surface area contributed by atoms with Crippen LogP contribution in [0.2, 0.25) is 0 Å². The number of hydrogen-bond acceptors (Lipinski definition) is 4. The Morgan fingerprint density at radius 2 is 2.13 bits per heavy atom. The summed E-state index contributed by atoms with van der Waals surface area (Å²) >= 11 is 2.09. The van der Waals surface area contributed by atoms with Crippen LogP contribution in [0.1, 0.15) is 19.8 Å². The van der Waals surface area contributed by atoms with Crippen molar-refractivity contribution in [1.29, 1.82) is 0 Å². The fourth-order valence-electron chi connectivity index (χ4n) is 2.96. The molecule has 0 bridgehead atoms. The number of halogens is 2. The Morgan fingerprint density at radius 3 is 2.78 bits per heavy atom. The molecule has 23 heavy (non-hydrogen) atoms. The molecular formula is C15H16F2N2O2S2. The van der Waals surface area contributed by atoms with E-state index in [1.807, 2.05) is 6.92 Å². The molecule has 1 aromatic carbocycles. The largest absolute Gasteiger partial charge is 0.324 e. The summed E-state index contributed by atoms with van der Waals surface area (Å²) in [5.74, 6) is -2.11. The molecule has 8 heteroatoms. The SMILES string of the molecule is C[C@@]12CCC(=O)N1[C@H](C(=O)Nc1ccc(SC(F)F)cc1)CS2. The summed E-state index contributed by atoms with van der Waals surface area (Å²) in [6.07, 6.45) is 1.24. The molecule has 2 saturated heterocycles. The highest BCUT2D eigenvalue weighted by atomic mass is 32.2. The van der Waals surface area contributed by atoms with Gasteiger partial charge in [0.2, 0.25) is 11.8 Å². The van der Waals surface area contributed by atoms with Crippen LogP contribution >= 0.6 is 23.5 Å². The van der Waals surface area contributed by atoms with E-state index in [1.165, 1.54) is 0 Å². The van der Waals surface area contributed by atoms with Crippen molar-refractivity contribution in [3.05, 3.63) is 24.3 Å². The second-order valence-electron chi connectivity index (χ2n) is 5.66. The number of thioether (sulfide) groups is 2. The van der Waals surface area contributed by atoms with Gasteiger partial charge in [0.05, 0.1) is 4.87 Å². The van der Waals surface area contributed by atoms with Gasteiger partial charge in [-0.1, -0.05) is 11.8 Å². The quantitative estimate of drug-likeness (QED) is 0.838. The molecule has 1 aromatic rings. The predicted molar refractivity (Wildman–Crippen MR) is 87.7 cm³/mol. The van der Waals surface area contributed by atoms with Crippen molar-refractivity contribution in [2.75, 3.05) is 11.1 Å². The molecule has 1 N–H and O–H groups in total. The van der Waals surface area contributed by atoms with Crippen LogP contribution < -0.4 is 5.32 Å². The molecule has 0 radical (unpaired) electrons. The lowest BCUT2D eigenvalue weighted by Crippen LogP contribution is -2.48. The van der Waals surface area contributed by atoms with Crippen molar-refractivity contribution in [3.63, 3.8) is 0 Å². The number of nitrogens with one attached hydrogen (secondary N) is 1. The van der Waals surface area contributed by atoms with Gasteiger partial charge in [0, 0.05) is 22.8 Å². The van der Waals surface area contributed by atoms with Crippen LogP contribution in [0, 0.1) is 0 Å². The lowest BCUT2D eigenvalue weighted by molar-refractivity contribution is -0.135. The standard InChI is InChI=1S/C15H16F2N2O2S2/c1-15-7-6-12(20)19(15)11(8-22-15)13(21)18-9-2-4-10(5-3-9)23-14(16)17/h2-5,11,14H,6-8H2,1H3,(H,18,21)/t11-,15+/m0/s1. The average Bonchev–Trinajstić information content (AvgIpc) is 2.98. The van der Waals surface area contributed by atoms with Gasteiger partial charge >= 0.3 is 0 Å². The first-order valence-electron chi connectivity index (χ1n) is 7.21. The predicted octanol–water partition coefficient (Wildman–Crippen LogP) is 3.39. The zero-order chi connectivity index (χ0) is 16.6. The van der Waals surface area contributed by atoms with Gasteiger partial charge in [-0.25, -0.2) is 0 Å². The third-order valence-electron chi connectivity index (χ3n) is 4.09. The number of rotatable bonds is 4. The summed E-state index contributed by atoms with van der Waals surface area (Å²) in [5.41, 5.74) is 0.541. The molecule has 3 rings (SSSR count). The van der Waals surface area contributed by atoms with Gasteiger partial charge in [0.25, 0.3) is 5.76 Å². The van der Waals surface area contributed by atoms with E-state index in [-0.39, 0.29) is 16.7 Å². The minimum atomic E-state index is -2.47. The Hall–Kier alpha value is -1.28. The Kier molecular flexibility index (Phi) is 4.55. The van der Waals surface area contributed by atoms with Gasteiger partial charge in [-0.05, 0) is 37.6 Å². The number of amides is 2. The fourth-order valence-corrected chi connectivity index (χ4v) is 4.89. The van der Waals surface area contributed by atoms with Gasteiger partial charge in [0.1, 0.15) is 6.04 Å². The smallest absolute Gasteiger partial charge is 0.288 e. The molecule has 0 spiro atoms. The molecule has 2 heterocycles. The maximum atomic E-state index is 12.5. The van der Waals surface area contributed by atoms with Gasteiger partial charge in [-0.2, -0.15) is 8.78 Å². The van der Waals surface area contributed by atoms with Crippen LogP contribution in [0.5, 0.6) is 0 Å². The van der Waals surface area contributed by atoms with E-state index in [0.717, 1.165) is 6.42 Å². The van der Waals surface area contributed by atoms with Crippen molar-refractivity contribution in [2.24, 2.45) is 0 Å². The van der Waals surface area contributed by atoms with E-state index in [0.29, 0.717) is 34.5 Å². The monoisotopic (exact) mass is 358 g/mol. The van der Waals surface area contributed by atoms with Crippen LogP contribution in [0.3, 0.4) is 0 Å². The Labute approximate surface area is 141 Å². The highest BCUT2D eigenvalue weighted by Gasteiger charge is 2.52. The molecule has 2 atom stereocenters. The third kappa shape index (κ3) is 3.33. The number of fused-ring (bicyclic) bond motifs is 1. The number of anilines is 1. The molecule has 0 aromatic heterocycles. The first-order valence-corrected chi connectivity index (χ1v) is 9.07. The Balaban J connectivity index is 1.66. The molecule has 0 unspecified atom stereocenters.